The van der Waals surface area contributed by atoms with Crippen molar-refractivity contribution in [1.29, 1.82) is 0 Å². The predicted octanol–water partition coefficient (Wildman–Crippen LogP) is 3.06. The van der Waals surface area contributed by atoms with Gasteiger partial charge in [0.25, 0.3) is 0 Å². The molecule has 1 aliphatic carbocycles. The van der Waals surface area contributed by atoms with Gasteiger partial charge in [-0.15, -0.1) is 11.6 Å². The number of fused-ring (bicyclic) bond motifs is 1. The molecule has 4 heteroatoms. The van der Waals surface area contributed by atoms with E-state index in [1.54, 1.807) is 0 Å². The lowest BCUT2D eigenvalue weighted by atomic mass is 10.3. The van der Waals surface area contributed by atoms with Gasteiger partial charge >= 0.3 is 0 Å². The Morgan fingerprint density at radius 2 is 2.19 bits per heavy atom. The maximum atomic E-state index is 5.95. The van der Waals surface area contributed by atoms with E-state index in [0.29, 0.717) is 11.9 Å². The van der Waals surface area contributed by atoms with Gasteiger partial charge in [0.05, 0.1) is 5.88 Å². The van der Waals surface area contributed by atoms with Crippen molar-refractivity contribution in [1.82, 2.24) is 14.5 Å². The predicted molar refractivity (Wildman–Crippen MR) is 64.6 cm³/mol. The van der Waals surface area contributed by atoms with Gasteiger partial charge in [0.15, 0.2) is 5.65 Å². The summed E-state index contributed by atoms with van der Waals surface area (Å²) in [6.07, 6.45) is 1.21. The first-order chi connectivity index (χ1) is 7.70. The SMILES string of the molecule is Cc1ccc2nc(CCl)n(C3CC3C)c2n1. The minimum absolute atomic E-state index is 0.457. The number of aryl methyl sites for hydroxylation is 1. The first-order valence-electron chi connectivity index (χ1n) is 5.61. The summed E-state index contributed by atoms with van der Waals surface area (Å²) < 4.78 is 2.22. The Bertz CT molecular complexity index is 546. The van der Waals surface area contributed by atoms with E-state index in [0.717, 1.165) is 28.6 Å². The molecule has 0 aliphatic heterocycles. The van der Waals surface area contributed by atoms with E-state index in [2.05, 4.69) is 21.5 Å². The molecule has 0 amide bonds. The average molecular weight is 236 g/mol. The van der Waals surface area contributed by atoms with Crippen LogP contribution in [0.5, 0.6) is 0 Å². The molecule has 3 nitrogen and oxygen atoms in total. The topological polar surface area (TPSA) is 30.7 Å². The van der Waals surface area contributed by atoms with Gasteiger partial charge in [0.2, 0.25) is 0 Å². The second-order valence-corrected chi connectivity index (χ2v) is 4.87. The summed E-state index contributed by atoms with van der Waals surface area (Å²) in [6, 6.07) is 4.57. The fraction of sp³-hybridized carbons (Fsp3) is 0.500. The molecule has 1 aliphatic rings. The Balaban J connectivity index is 2.24. The molecule has 2 aromatic heterocycles. The normalized spacial score (nSPS) is 23.9. The van der Waals surface area contributed by atoms with E-state index in [9.17, 15) is 0 Å². The van der Waals surface area contributed by atoms with Crippen LogP contribution in [0.1, 0.15) is 30.9 Å². The zero-order valence-electron chi connectivity index (χ0n) is 9.44. The number of hydrogen-bond donors (Lipinski definition) is 0. The largest absolute Gasteiger partial charge is 0.308 e. The smallest absolute Gasteiger partial charge is 0.160 e. The molecule has 3 rings (SSSR count). The lowest BCUT2D eigenvalue weighted by molar-refractivity contribution is 0.671. The molecule has 2 atom stereocenters. The van der Waals surface area contributed by atoms with Crippen molar-refractivity contribution in [2.75, 3.05) is 0 Å². The van der Waals surface area contributed by atoms with Gasteiger partial charge in [0.1, 0.15) is 11.3 Å². The molecule has 2 aromatic rings. The molecular weight excluding hydrogens is 222 g/mol. The van der Waals surface area contributed by atoms with Crippen LogP contribution in [0.25, 0.3) is 11.2 Å². The van der Waals surface area contributed by atoms with Crippen LogP contribution in [0.15, 0.2) is 12.1 Å². The fourth-order valence-corrected chi connectivity index (χ4v) is 2.41. The Kier molecular flexibility index (Phi) is 2.18. The van der Waals surface area contributed by atoms with Gasteiger partial charge < -0.3 is 4.57 Å². The van der Waals surface area contributed by atoms with E-state index >= 15 is 0 Å². The van der Waals surface area contributed by atoms with Gasteiger partial charge in [-0.1, -0.05) is 6.92 Å². The van der Waals surface area contributed by atoms with Crippen LogP contribution >= 0.6 is 11.6 Å². The number of hydrogen-bond acceptors (Lipinski definition) is 2. The number of nitrogens with zero attached hydrogens (tertiary/aromatic N) is 3. The summed E-state index contributed by atoms with van der Waals surface area (Å²) in [6.45, 7) is 4.26. The van der Waals surface area contributed by atoms with Crippen molar-refractivity contribution in [3.05, 3.63) is 23.7 Å². The standard InChI is InChI=1S/C12H14ClN3/c1-7-5-10(7)16-11(6-13)15-9-4-3-8(2)14-12(9)16/h3-4,7,10H,5-6H2,1-2H3. The number of pyridine rings is 1. The monoisotopic (exact) mass is 235 g/mol. The molecule has 0 radical (unpaired) electrons. The summed E-state index contributed by atoms with van der Waals surface area (Å²) in [4.78, 5) is 9.12. The molecule has 2 unspecified atom stereocenters. The summed E-state index contributed by atoms with van der Waals surface area (Å²) in [5, 5.41) is 0. The number of aromatic nitrogens is 3. The lowest BCUT2D eigenvalue weighted by Crippen LogP contribution is -2.02. The Morgan fingerprint density at radius 1 is 1.44 bits per heavy atom. The molecule has 0 aromatic carbocycles. The zero-order valence-corrected chi connectivity index (χ0v) is 10.2. The summed E-state index contributed by atoms with van der Waals surface area (Å²) in [5.74, 6) is 2.13. The van der Waals surface area contributed by atoms with Crippen LogP contribution in [0.2, 0.25) is 0 Å². The van der Waals surface area contributed by atoms with Gasteiger partial charge in [0, 0.05) is 11.7 Å². The van der Waals surface area contributed by atoms with Crippen LogP contribution in [0.4, 0.5) is 0 Å². The molecule has 16 heavy (non-hydrogen) atoms. The van der Waals surface area contributed by atoms with Crippen LogP contribution in [0.3, 0.4) is 0 Å². The first-order valence-corrected chi connectivity index (χ1v) is 6.14. The molecule has 1 fully saturated rings. The van der Waals surface area contributed by atoms with Crippen molar-refractivity contribution in [3.8, 4) is 0 Å². The molecule has 2 heterocycles. The first kappa shape index (κ1) is 10.1. The van der Waals surface area contributed by atoms with Gasteiger partial charge in [-0.25, -0.2) is 9.97 Å². The molecule has 1 saturated carbocycles. The van der Waals surface area contributed by atoms with Crippen LogP contribution in [0, 0.1) is 12.8 Å². The minimum atomic E-state index is 0.457. The molecular formula is C12H14ClN3. The van der Waals surface area contributed by atoms with Gasteiger partial charge in [-0.2, -0.15) is 0 Å². The molecule has 84 valence electrons. The average Bonchev–Trinajstić information content (AvgIpc) is 2.87. The highest BCUT2D eigenvalue weighted by Crippen LogP contribution is 2.44. The zero-order chi connectivity index (χ0) is 11.3. The maximum absolute atomic E-state index is 5.95. The van der Waals surface area contributed by atoms with E-state index in [1.807, 2.05) is 19.1 Å². The summed E-state index contributed by atoms with van der Waals surface area (Å²) in [5.41, 5.74) is 2.98. The highest BCUT2D eigenvalue weighted by atomic mass is 35.5. The Labute approximate surface area is 99.5 Å². The van der Waals surface area contributed by atoms with E-state index in [-0.39, 0.29) is 0 Å². The van der Waals surface area contributed by atoms with E-state index < -0.39 is 0 Å². The lowest BCUT2D eigenvalue weighted by Gasteiger charge is -2.05. The van der Waals surface area contributed by atoms with Crippen LogP contribution in [-0.2, 0) is 5.88 Å². The third-order valence-corrected chi connectivity index (χ3v) is 3.51. The highest BCUT2D eigenvalue weighted by Gasteiger charge is 2.37. The molecule has 0 spiro atoms. The van der Waals surface area contributed by atoms with Crippen molar-refractivity contribution in [3.63, 3.8) is 0 Å². The Hall–Kier alpha value is -1.09. The number of alkyl halides is 1. The second kappa shape index (κ2) is 3.45. The van der Waals surface area contributed by atoms with Crippen LogP contribution in [-0.4, -0.2) is 14.5 Å². The third-order valence-electron chi connectivity index (χ3n) is 3.27. The Morgan fingerprint density at radius 3 is 2.81 bits per heavy atom. The van der Waals surface area contributed by atoms with Gasteiger partial charge in [-0.05, 0) is 31.4 Å². The maximum Gasteiger partial charge on any atom is 0.160 e. The highest BCUT2D eigenvalue weighted by molar-refractivity contribution is 6.16. The van der Waals surface area contributed by atoms with Crippen LogP contribution < -0.4 is 0 Å². The quantitative estimate of drug-likeness (QED) is 0.749. The van der Waals surface area contributed by atoms with Gasteiger partial charge in [-0.3, -0.25) is 0 Å². The third kappa shape index (κ3) is 1.42. The molecule has 0 N–H and O–H groups in total. The summed E-state index contributed by atoms with van der Waals surface area (Å²) in [7, 11) is 0. The van der Waals surface area contributed by atoms with Crippen molar-refractivity contribution in [2.45, 2.75) is 32.2 Å². The number of imidazole rings is 1. The minimum Gasteiger partial charge on any atom is -0.308 e. The summed E-state index contributed by atoms with van der Waals surface area (Å²) >= 11 is 5.95. The van der Waals surface area contributed by atoms with E-state index in [4.69, 9.17) is 11.6 Å². The fourth-order valence-electron chi connectivity index (χ4n) is 2.22. The molecule has 0 saturated heterocycles. The second-order valence-electron chi connectivity index (χ2n) is 4.61. The molecule has 0 bridgehead atoms. The van der Waals surface area contributed by atoms with Crippen molar-refractivity contribution >= 4 is 22.8 Å². The van der Waals surface area contributed by atoms with E-state index in [1.165, 1.54) is 6.42 Å². The van der Waals surface area contributed by atoms with Crippen molar-refractivity contribution in [2.24, 2.45) is 5.92 Å². The number of halogens is 1. The number of rotatable bonds is 2. The van der Waals surface area contributed by atoms with Crippen molar-refractivity contribution < 1.29 is 0 Å².